The Morgan fingerprint density at radius 2 is 2.16 bits per heavy atom. The molecule has 1 aliphatic heterocycles. The van der Waals surface area contributed by atoms with Crippen molar-refractivity contribution < 1.29 is 33.6 Å². The van der Waals surface area contributed by atoms with E-state index in [2.05, 4.69) is 4.98 Å². The maximum Gasteiger partial charge on any atom is 1.00 e. The Kier molecular flexibility index (Phi) is 5.34. The van der Waals surface area contributed by atoms with Crippen LogP contribution in [0.3, 0.4) is 0 Å². The first-order valence-corrected chi connectivity index (χ1v) is 5.70. The molecular formula is C13H13LiN2O3. The minimum atomic E-state index is -1.21. The molecule has 0 N–H and O–H groups in total. The van der Waals surface area contributed by atoms with Gasteiger partial charge in [0.2, 0.25) is 5.91 Å². The molecule has 19 heavy (non-hydrogen) atoms. The van der Waals surface area contributed by atoms with E-state index in [0.29, 0.717) is 25.2 Å². The molecule has 6 heteroatoms. The van der Waals surface area contributed by atoms with Gasteiger partial charge in [0.15, 0.2) is 0 Å². The van der Waals surface area contributed by atoms with Crippen LogP contribution in [0.5, 0.6) is 0 Å². The molecule has 0 aromatic carbocycles. The molecule has 0 unspecified atom stereocenters. The van der Waals surface area contributed by atoms with E-state index in [4.69, 9.17) is 0 Å². The van der Waals surface area contributed by atoms with Gasteiger partial charge in [-0.05, 0) is 24.1 Å². The van der Waals surface area contributed by atoms with Crippen LogP contribution in [0.2, 0.25) is 0 Å². The van der Waals surface area contributed by atoms with Crippen molar-refractivity contribution in [2.45, 2.75) is 13.3 Å². The number of carbonyl (C=O) groups excluding carboxylic acids is 2. The van der Waals surface area contributed by atoms with Gasteiger partial charge in [-0.2, -0.15) is 0 Å². The van der Waals surface area contributed by atoms with Crippen molar-refractivity contribution in [1.29, 1.82) is 0 Å². The molecule has 94 valence electrons. The molecule has 1 amide bonds. The molecule has 1 aliphatic rings. The SMILES string of the molecule is CC(=O)N1CC=C(c2cc(C(=O)[O-])ccn2)CC1.[Li+]. The third-order valence-electron chi connectivity index (χ3n) is 2.98. The molecule has 2 heterocycles. The van der Waals surface area contributed by atoms with Gasteiger partial charge in [-0.25, -0.2) is 0 Å². The first-order valence-electron chi connectivity index (χ1n) is 5.70. The van der Waals surface area contributed by atoms with Crippen LogP contribution in [0.4, 0.5) is 0 Å². The molecule has 0 aliphatic carbocycles. The van der Waals surface area contributed by atoms with Crippen LogP contribution < -0.4 is 24.0 Å². The topological polar surface area (TPSA) is 73.3 Å². The Morgan fingerprint density at radius 3 is 2.68 bits per heavy atom. The van der Waals surface area contributed by atoms with Gasteiger partial charge in [0, 0.05) is 31.8 Å². The largest absolute Gasteiger partial charge is 1.00 e. The second-order valence-corrected chi connectivity index (χ2v) is 4.16. The summed E-state index contributed by atoms with van der Waals surface area (Å²) in [4.78, 5) is 27.8. The number of nitrogens with zero attached hydrogens (tertiary/aromatic N) is 2. The summed E-state index contributed by atoms with van der Waals surface area (Å²) in [5.41, 5.74) is 1.73. The maximum atomic E-state index is 11.2. The van der Waals surface area contributed by atoms with E-state index >= 15 is 0 Å². The molecule has 0 radical (unpaired) electrons. The average Bonchev–Trinajstić information content (AvgIpc) is 2.39. The van der Waals surface area contributed by atoms with E-state index in [9.17, 15) is 14.7 Å². The zero-order valence-corrected chi connectivity index (χ0v) is 11.0. The van der Waals surface area contributed by atoms with E-state index < -0.39 is 5.97 Å². The first kappa shape index (κ1) is 15.5. The summed E-state index contributed by atoms with van der Waals surface area (Å²) < 4.78 is 0. The molecular weight excluding hydrogens is 239 g/mol. The molecule has 1 aromatic rings. The molecule has 0 atom stereocenters. The predicted molar refractivity (Wildman–Crippen MR) is 63.4 cm³/mol. The number of rotatable bonds is 2. The zero-order chi connectivity index (χ0) is 13.1. The Morgan fingerprint density at radius 1 is 1.42 bits per heavy atom. The van der Waals surface area contributed by atoms with E-state index in [0.717, 1.165) is 5.57 Å². The fraction of sp³-hybridized carbons (Fsp3) is 0.308. The predicted octanol–water partition coefficient (Wildman–Crippen LogP) is -2.92. The molecule has 0 bridgehead atoms. The molecule has 5 nitrogen and oxygen atoms in total. The second-order valence-electron chi connectivity index (χ2n) is 4.16. The Balaban J connectivity index is 0.00000180. The maximum absolute atomic E-state index is 11.2. The number of hydrogen-bond acceptors (Lipinski definition) is 4. The Hall–Kier alpha value is -1.57. The fourth-order valence-electron chi connectivity index (χ4n) is 1.92. The monoisotopic (exact) mass is 252 g/mol. The molecule has 1 aromatic heterocycles. The van der Waals surface area contributed by atoms with Gasteiger partial charge in [-0.1, -0.05) is 6.08 Å². The van der Waals surface area contributed by atoms with Gasteiger partial charge < -0.3 is 14.8 Å². The normalized spacial score (nSPS) is 14.4. The summed E-state index contributed by atoms with van der Waals surface area (Å²) in [7, 11) is 0. The van der Waals surface area contributed by atoms with Crippen molar-refractivity contribution in [3.63, 3.8) is 0 Å². The van der Waals surface area contributed by atoms with Crippen LogP contribution >= 0.6 is 0 Å². The number of carboxylic acids is 1. The summed E-state index contributed by atoms with van der Waals surface area (Å²) in [6.45, 7) is 2.72. The van der Waals surface area contributed by atoms with E-state index in [1.54, 1.807) is 4.90 Å². The number of aromatic carboxylic acids is 1. The number of amides is 1. The van der Waals surface area contributed by atoms with Crippen molar-refractivity contribution in [2.75, 3.05) is 13.1 Å². The van der Waals surface area contributed by atoms with Gasteiger partial charge in [0.25, 0.3) is 0 Å². The van der Waals surface area contributed by atoms with Crippen LogP contribution in [-0.4, -0.2) is 34.8 Å². The molecule has 0 saturated carbocycles. The first-order chi connectivity index (χ1) is 8.58. The third-order valence-corrected chi connectivity index (χ3v) is 2.98. The summed E-state index contributed by atoms with van der Waals surface area (Å²) in [5, 5.41) is 10.8. The van der Waals surface area contributed by atoms with Crippen LogP contribution in [-0.2, 0) is 4.79 Å². The van der Waals surface area contributed by atoms with Gasteiger partial charge in [0.05, 0.1) is 11.7 Å². The van der Waals surface area contributed by atoms with Crippen molar-refractivity contribution >= 4 is 17.4 Å². The number of carboxylic acid groups (broad SMARTS) is 1. The number of hydrogen-bond donors (Lipinski definition) is 0. The van der Waals surface area contributed by atoms with E-state index in [1.165, 1.54) is 25.3 Å². The zero-order valence-electron chi connectivity index (χ0n) is 11.0. The summed E-state index contributed by atoms with van der Waals surface area (Å²) in [5.74, 6) is -1.16. The van der Waals surface area contributed by atoms with Crippen molar-refractivity contribution in [1.82, 2.24) is 9.88 Å². The van der Waals surface area contributed by atoms with Gasteiger partial charge >= 0.3 is 18.9 Å². The third kappa shape index (κ3) is 3.69. The van der Waals surface area contributed by atoms with Crippen molar-refractivity contribution in [2.24, 2.45) is 0 Å². The fourth-order valence-corrected chi connectivity index (χ4v) is 1.92. The van der Waals surface area contributed by atoms with Crippen LogP contribution in [0, 0.1) is 0 Å². The minimum Gasteiger partial charge on any atom is -0.545 e. The molecule has 0 spiro atoms. The number of pyridine rings is 1. The average molecular weight is 252 g/mol. The molecule has 0 saturated heterocycles. The quantitative estimate of drug-likeness (QED) is 0.529. The standard InChI is InChI=1S/C13H14N2O3.Li/c1-9(16)15-6-3-10(4-7-15)12-8-11(13(17)18)2-5-14-12;/h2-3,5,8H,4,6-7H2,1H3,(H,17,18);/q;+1/p-1. The number of carbonyl (C=O) groups is 2. The second kappa shape index (κ2) is 6.55. The summed E-state index contributed by atoms with van der Waals surface area (Å²) >= 11 is 0. The van der Waals surface area contributed by atoms with Gasteiger partial charge in [-0.3, -0.25) is 9.78 Å². The number of aromatic nitrogens is 1. The smallest absolute Gasteiger partial charge is 0.545 e. The van der Waals surface area contributed by atoms with Crippen molar-refractivity contribution in [3.05, 3.63) is 35.7 Å². The summed E-state index contributed by atoms with van der Waals surface area (Å²) in [6, 6.07) is 2.91. The Labute approximate surface area is 123 Å². The van der Waals surface area contributed by atoms with Crippen LogP contribution in [0.25, 0.3) is 5.57 Å². The minimum absolute atomic E-state index is 0. The van der Waals surface area contributed by atoms with Crippen molar-refractivity contribution in [3.8, 4) is 0 Å². The summed E-state index contributed by atoms with van der Waals surface area (Å²) in [6.07, 6.45) is 4.05. The molecule has 0 fully saturated rings. The van der Waals surface area contributed by atoms with E-state index in [-0.39, 0.29) is 30.3 Å². The van der Waals surface area contributed by atoms with E-state index in [1.807, 2.05) is 6.08 Å². The van der Waals surface area contributed by atoms with Gasteiger partial charge in [-0.15, -0.1) is 0 Å². The Bertz CT molecular complexity index is 528. The van der Waals surface area contributed by atoms with Crippen LogP contribution in [0.1, 0.15) is 29.4 Å². The molecule has 2 rings (SSSR count). The van der Waals surface area contributed by atoms with Gasteiger partial charge in [0.1, 0.15) is 0 Å². The van der Waals surface area contributed by atoms with Crippen LogP contribution in [0.15, 0.2) is 24.4 Å².